The molecule has 0 radical (unpaired) electrons. The van der Waals surface area contributed by atoms with Crippen molar-refractivity contribution in [3.8, 4) is 5.75 Å². The van der Waals surface area contributed by atoms with Gasteiger partial charge in [-0.25, -0.2) is 0 Å². The molecule has 0 saturated heterocycles. The SMILES string of the molecule is COCCN1C(=O)c2ccccc2Sc2cc(NC(=O)c3ccccc3OC)ccc21. The van der Waals surface area contributed by atoms with Crippen LogP contribution in [-0.2, 0) is 4.74 Å². The van der Waals surface area contributed by atoms with Gasteiger partial charge in [0.2, 0.25) is 0 Å². The number of amides is 2. The number of methoxy groups -OCH3 is 2. The van der Waals surface area contributed by atoms with Crippen LogP contribution in [0.5, 0.6) is 5.75 Å². The lowest BCUT2D eigenvalue weighted by Gasteiger charge is -2.23. The van der Waals surface area contributed by atoms with E-state index in [2.05, 4.69) is 5.32 Å². The third kappa shape index (κ3) is 4.28. The largest absolute Gasteiger partial charge is 0.496 e. The zero-order chi connectivity index (χ0) is 21.8. The van der Waals surface area contributed by atoms with Gasteiger partial charge in [0, 0.05) is 29.1 Å². The van der Waals surface area contributed by atoms with Gasteiger partial charge in [-0.2, -0.15) is 0 Å². The highest BCUT2D eigenvalue weighted by molar-refractivity contribution is 7.99. The van der Waals surface area contributed by atoms with Crippen molar-refractivity contribution in [1.82, 2.24) is 0 Å². The van der Waals surface area contributed by atoms with Crippen molar-refractivity contribution >= 4 is 35.0 Å². The molecule has 6 nitrogen and oxygen atoms in total. The Morgan fingerprint density at radius 3 is 2.58 bits per heavy atom. The predicted molar refractivity (Wildman–Crippen MR) is 122 cm³/mol. The highest BCUT2D eigenvalue weighted by Gasteiger charge is 2.27. The molecule has 1 N–H and O–H groups in total. The fourth-order valence-electron chi connectivity index (χ4n) is 3.44. The van der Waals surface area contributed by atoms with Crippen LogP contribution in [-0.4, -0.2) is 39.2 Å². The topological polar surface area (TPSA) is 67.9 Å². The summed E-state index contributed by atoms with van der Waals surface area (Å²) in [6, 6.07) is 20.2. The molecular formula is C24H22N2O4S. The van der Waals surface area contributed by atoms with Gasteiger partial charge in [0.05, 0.1) is 30.5 Å². The monoisotopic (exact) mass is 434 g/mol. The lowest BCUT2D eigenvalue weighted by Crippen LogP contribution is -2.33. The van der Waals surface area contributed by atoms with Gasteiger partial charge in [-0.15, -0.1) is 0 Å². The number of anilines is 2. The Morgan fingerprint density at radius 2 is 1.77 bits per heavy atom. The normalized spacial score (nSPS) is 12.6. The molecule has 0 spiro atoms. The van der Waals surface area contributed by atoms with Gasteiger partial charge in [-0.05, 0) is 42.5 Å². The van der Waals surface area contributed by atoms with E-state index in [0.29, 0.717) is 35.7 Å². The van der Waals surface area contributed by atoms with E-state index < -0.39 is 0 Å². The van der Waals surface area contributed by atoms with Crippen LogP contribution >= 0.6 is 11.8 Å². The summed E-state index contributed by atoms with van der Waals surface area (Å²) in [6.45, 7) is 0.856. The number of carbonyl (C=O) groups is 2. The van der Waals surface area contributed by atoms with Crippen molar-refractivity contribution in [1.29, 1.82) is 0 Å². The molecule has 31 heavy (non-hydrogen) atoms. The number of nitrogens with zero attached hydrogens (tertiary/aromatic N) is 1. The van der Waals surface area contributed by atoms with E-state index in [1.807, 2.05) is 42.5 Å². The summed E-state index contributed by atoms with van der Waals surface area (Å²) in [5, 5.41) is 2.94. The number of benzene rings is 3. The first-order valence-corrected chi connectivity index (χ1v) is 10.6. The highest BCUT2D eigenvalue weighted by Crippen LogP contribution is 2.42. The quantitative estimate of drug-likeness (QED) is 0.609. The van der Waals surface area contributed by atoms with Crippen LogP contribution in [0, 0.1) is 0 Å². The van der Waals surface area contributed by atoms with Gasteiger partial charge in [0.15, 0.2) is 0 Å². The van der Waals surface area contributed by atoms with E-state index in [1.54, 1.807) is 36.3 Å². The number of para-hydroxylation sites is 1. The Morgan fingerprint density at radius 1 is 1.00 bits per heavy atom. The maximum absolute atomic E-state index is 13.2. The number of ether oxygens (including phenoxy) is 2. The van der Waals surface area contributed by atoms with E-state index in [0.717, 1.165) is 15.5 Å². The van der Waals surface area contributed by atoms with Crippen molar-refractivity contribution < 1.29 is 19.1 Å². The molecule has 7 heteroatoms. The molecule has 0 bridgehead atoms. The van der Waals surface area contributed by atoms with Crippen molar-refractivity contribution in [2.45, 2.75) is 9.79 Å². The molecule has 0 aliphatic carbocycles. The summed E-state index contributed by atoms with van der Waals surface area (Å²) in [5.74, 6) is 0.183. The van der Waals surface area contributed by atoms with Crippen LogP contribution in [0.1, 0.15) is 20.7 Å². The van der Waals surface area contributed by atoms with Crippen LogP contribution in [0.4, 0.5) is 11.4 Å². The average molecular weight is 435 g/mol. The van der Waals surface area contributed by atoms with Crippen molar-refractivity contribution in [3.63, 3.8) is 0 Å². The Balaban J connectivity index is 1.69. The zero-order valence-electron chi connectivity index (χ0n) is 17.3. The van der Waals surface area contributed by atoms with Crippen LogP contribution in [0.25, 0.3) is 0 Å². The maximum Gasteiger partial charge on any atom is 0.259 e. The molecule has 1 heterocycles. The molecule has 3 aromatic rings. The fourth-order valence-corrected chi connectivity index (χ4v) is 4.55. The van der Waals surface area contributed by atoms with Crippen molar-refractivity contribution in [2.24, 2.45) is 0 Å². The number of nitrogens with one attached hydrogen (secondary N) is 1. The minimum Gasteiger partial charge on any atom is -0.496 e. The number of carbonyl (C=O) groups excluding carboxylic acids is 2. The van der Waals surface area contributed by atoms with Crippen LogP contribution in [0.2, 0.25) is 0 Å². The van der Waals surface area contributed by atoms with Gasteiger partial charge >= 0.3 is 0 Å². The molecule has 0 fully saturated rings. The van der Waals surface area contributed by atoms with E-state index in [9.17, 15) is 9.59 Å². The highest BCUT2D eigenvalue weighted by atomic mass is 32.2. The summed E-state index contributed by atoms with van der Waals surface area (Å²) in [4.78, 5) is 29.5. The molecule has 0 unspecified atom stereocenters. The number of fused-ring (bicyclic) bond motifs is 2. The zero-order valence-corrected chi connectivity index (χ0v) is 18.1. The molecule has 2 amide bonds. The van der Waals surface area contributed by atoms with E-state index >= 15 is 0 Å². The number of hydrogen-bond donors (Lipinski definition) is 1. The summed E-state index contributed by atoms with van der Waals surface area (Å²) < 4.78 is 10.5. The van der Waals surface area contributed by atoms with Gasteiger partial charge < -0.3 is 19.7 Å². The summed E-state index contributed by atoms with van der Waals surface area (Å²) in [7, 11) is 3.15. The molecule has 0 saturated carbocycles. The first kappa shape index (κ1) is 21.0. The van der Waals surface area contributed by atoms with Gasteiger partial charge in [-0.1, -0.05) is 36.0 Å². The molecule has 4 rings (SSSR count). The molecule has 158 valence electrons. The summed E-state index contributed by atoms with van der Waals surface area (Å²) in [6.07, 6.45) is 0. The summed E-state index contributed by atoms with van der Waals surface area (Å²) >= 11 is 1.51. The second kappa shape index (κ2) is 9.24. The molecular weight excluding hydrogens is 412 g/mol. The smallest absolute Gasteiger partial charge is 0.259 e. The third-order valence-electron chi connectivity index (χ3n) is 4.96. The minimum atomic E-state index is -0.260. The average Bonchev–Trinajstić information content (AvgIpc) is 2.91. The predicted octanol–water partition coefficient (Wildman–Crippen LogP) is 4.71. The van der Waals surface area contributed by atoms with Gasteiger partial charge in [0.25, 0.3) is 11.8 Å². The van der Waals surface area contributed by atoms with Gasteiger partial charge in [-0.3, -0.25) is 9.59 Å². The maximum atomic E-state index is 13.2. The fraction of sp³-hybridized carbons (Fsp3) is 0.167. The lowest BCUT2D eigenvalue weighted by atomic mass is 10.1. The summed E-state index contributed by atoms with van der Waals surface area (Å²) in [5.41, 5.74) is 2.54. The van der Waals surface area contributed by atoms with Crippen LogP contribution < -0.4 is 15.0 Å². The van der Waals surface area contributed by atoms with E-state index in [1.165, 1.54) is 18.9 Å². The molecule has 1 aliphatic rings. The Bertz CT molecular complexity index is 1130. The van der Waals surface area contributed by atoms with E-state index in [-0.39, 0.29) is 11.8 Å². The Labute approximate surface area is 185 Å². The van der Waals surface area contributed by atoms with Crippen molar-refractivity contribution in [2.75, 3.05) is 37.6 Å². The number of hydrogen-bond acceptors (Lipinski definition) is 5. The standard InChI is InChI=1S/C24H22N2O4S/c1-29-14-13-26-19-12-11-16(25-23(27)17-7-3-5-9-20(17)30-2)15-22(19)31-21-10-6-4-8-18(21)24(26)28/h3-12,15H,13-14H2,1-2H3,(H,25,27). The molecule has 3 aromatic carbocycles. The first-order valence-electron chi connectivity index (χ1n) is 9.78. The first-order chi connectivity index (χ1) is 15.1. The minimum absolute atomic E-state index is 0.0651. The lowest BCUT2D eigenvalue weighted by molar-refractivity contribution is 0.0971. The molecule has 1 aliphatic heterocycles. The Hall–Kier alpha value is -3.29. The molecule has 0 aromatic heterocycles. The van der Waals surface area contributed by atoms with Crippen molar-refractivity contribution in [3.05, 3.63) is 77.9 Å². The second-order valence-electron chi connectivity index (χ2n) is 6.88. The second-order valence-corrected chi connectivity index (χ2v) is 7.97. The number of rotatable bonds is 6. The van der Waals surface area contributed by atoms with Gasteiger partial charge in [0.1, 0.15) is 5.75 Å². The molecule has 0 atom stereocenters. The Kier molecular flexibility index (Phi) is 6.25. The van der Waals surface area contributed by atoms with Crippen LogP contribution in [0.15, 0.2) is 76.5 Å². The van der Waals surface area contributed by atoms with E-state index in [4.69, 9.17) is 9.47 Å². The van der Waals surface area contributed by atoms with Crippen LogP contribution in [0.3, 0.4) is 0 Å². The third-order valence-corrected chi connectivity index (χ3v) is 6.08.